The van der Waals surface area contributed by atoms with Crippen LogP contribution in [0.5, 0.6) is 0 Å². The first-order valence-electron chi connectivity index (χ1n) is 10.9. The Balaban J connectivity index is 0.00000729. The molecule has 1 aromatic rings. The minimum atomic E-state index is -1.48. The second kappa shape index (κ2) is 18.4. The maximum Gasteiger partial charge on any atom is 1.00 e. The van der Waals surface area contributed by atoms with Gasteiger partial charge in [0, 0.05) is 17.8 Å². The average Bonchev–Trinajstić information content (AvgIpc) is 2.64. The number of carboxylic acid groups (broad SMARTS) is 1. The van der Waals surface area contributed by atoms with Gasteiger partial charge in [0.05, 0.1) is 5.97 Å². The fourth-order valence-corrected chi connectivity index (χ4v) is 3.34. The average molecular weight is 402 g/mol. The number of unbranched alkanes of at least 4 members (excludes halogenated alkanes) is 13. The van der Waals surface area contributed by atoms with Gasteiger partial charge in [-0.3, -0.25) is 0 Å². The van der Waals surface area contributed by atoms with Crippen molar-refractivity contribution < 1.29 is 43.8 Å². The standard InChI is InChI=1S/C23H38FNO2.Na/c1-2-3-4-5-6-7-8-9-10-11-12-13-14-15-18-25-20-16-17-21(23(26)27)22(24)19-20;/h16-17,19,25H,2-15,18H2,1H3,(H,26,27);/q;+1/p-1. The molecule has 154 valence electrons. The molecule has 1 rings (SSSR count). The van der Waals surface area contributed by atoms with Crippen molar-refractivity contribution >= 4 is 11.7 Å². The van der Waals surface area contributed by atoms with Crippen molar-refractivity contribution in [3.05, 3.63) is 29.6 Å². The molecule has 0 aliphatic heterocycles. The molecule has 0 aromatic heterocycles. The maximum absolute atomic E-state index is 13.5. The second-order valence-electron chi connectivity index (χ2n) is 7.51. The molecule has 0 amide bonds. The van der Waals surface area contributed by atoms with Crippen LogP contribution in [0.3, 0.4) is 0 Å². The molecule has 0 aliphatic carbocycles. The van der Waals surface area contributed by atoms with E-state index in [2.05, 4.69) is 12.2 Å². The van der Waals surface area contributed by atoms with Gasteiger partial charge in [-0.2, -0.15) is 0 Å². The maximum atomic E-state index is 13.5. The van der Waals surface area contributed by atoms with E-state index in [1.165, 1.54) is 95.6 Å². The number of carbonyl (C=O) groups is 1. The SMILES string of the molecule is CCCCCCCCCCCCCCCCNc1ccc(C(=O)[O-])c(F)c1.[Na+]. The number of benzene rings is 1. The summed E-state index contributed by atoms with van der Waals surface area (Å²) in [6.07, 6.45) is 18.6. The van der Waals surface area contributed by atoms with Crippen LogP contribution in [0.2, 0.25) is 0 Å². The van der Waals surface area contributed by atoms with E-state index < -0.39 is 17.3 Å². The molecule has 0 saturated heterocycles. The van der Waals surface area contributed by atoms with Gasteiger partial charge in [-0.05, 0) is 24.6 Å². The molecule has 0 radical (unpaired) electrons. The van der Waals surface area contributed by atoms with Crippen LogP contribution in [0.15, 0.2) is 18.2 Å². The number of rotatable bonds is 17. The number of aromatic carboxylic acids is 1. The number of hydrogen-bond donors (Lipinski definition) is 1. The van der Waals surface area contributed by atoms with Crippen molar-refractivity contribution in [2.75, 3.05) is 11.9 Å². The van der Waals surface area contributed by atoms with Crippen molar-refractivity contribution in [3.63, 3.8) is 0 Å². The number of nitrogens with one attached hydrogen (secondary N) is 1. The minimum absolute atomic E-state index is 0. The molecule has 0 saturated carbocycles. The number of anilines is 1. The molecule has 0 spiro atoms. The third-order valence-electron chi connectivity index (χ3n) is 5.05. The molecule has 0 heterocycles. The first-order valence-corrected chi connectivity index (χ1v) is 10.9. The molecule has 1 N–H and O–H groups in total. The topological polar surface area (TPSA) is 52.2 Å². The summed E-state index contributed by atoms with van der Waals surface area (Å²) in [5.41, 5.74) is 0.226. The number of carboxylic acids is 1. The van der Waals surface area contributed by atoms with Crippen molar-refractivity contribution in [2.45, 2.75) is 96.8 Å². The van der Waals surface area contributed by atoms with Gasteiger partial charge in [0.2, 0.25) is 0 Å². The quantitative estimate of drug-likeness (QED) is 0.322. The predicted molar refractivity (Wildman–Crippen MR) is 110 cm³/mol. The zero-order valence-electron chi connectivity index (χ0n) is 18.0. The number of hydrogen-bond acceptors (Lipinski definition) is 3. The molecule has 0 aliphatic rings. The van der Waals surface area contributed by atoms with Crippen LogP contribution < -0.4 is 40.0 Å². The van der Waals surface area contributed by atoms with Gasteiger partial charge in [-0.25, -0.2) is 4.39 Å². The summed E-state index contributed by atoms with van der Waals surface area (Å²) < 4.78 is 13.5. The van der Waals surface area contributed by atoms with Gasteiger partial charge in [-0.15, -0.1) is 0 Å². The largest absolute Gasteiger partial charge is 1.00 e. The van der Waals surface area contributed by atoms with Crippen molar-refractivity contribution in [2.24, 2.45) is 0 Å². The van der Waals surface area contributed by atoms with Crippen LogP contribution in [0.25, 0.3) is 0 Å². The van der Waals surface area contributed by atoms with E-state index >= 15 is 0 Å². The molecule has 0 bridgehead atoms. The fraction of sp³-hybridized carbons (Fsp3) is 0.696. The number of halogens is 1. The zero-order chi connectivity index (χ0) is 19.7. The van der Waals surface area contributed by atoms with Crippen LogP contribution in [0.1, 0.15) is 107 Å². The molecule has 1 aromatic carbocycles. The molecular weight excluding hydrogens is 364 g/mol. The van der Waals surface area contributed by atoms with Gasteiger partial charge < -0.3 is 15.2 Å². The Morgan fingerprint density at radius 2 is 1.32 bits per heavy atom. The van der Waals surface area contributed by atoms with E-state index in [4.69, 9.17) is 0 Å². The molecule has 3 nitrogen and oxygen atoms in total. The van der Waals surface area contributed by atoms with Crippen molar-refractivity contribution in [1.82, 2.24) is 0 Å². The van der Waals surface area contributed by atoms with Gasteiger partial charge in [-0.1, -0.05) is 90.4 Å². The molecule has 0 fully saturated rings. The second-order valence-corrected chi connectivity index (χ2v) is 7.51. The Labute approximate surface area is 193 Å². The Hall–Kier alpha value is -0.580. The Kier molecular flexibility index (Phi) is 18.1. The summed E-state index contributed by atoms with van der Waals surface area (Å²) in [5, 5.41) is 13.8. The summed E-state index contributed by atoms with van der Waals surface area (Å²) in [5.74, 6) is -2.23. The zero-order valence-corrected chi connectivity index (χ0v) is 20.0. The molecular formula is C23H37FNNaO2. The fourth-order valence-electron chi connectivity index (χ4n) is 3.34. The minimum Gasteiger partial charge on any atom is -0.545 e. The molecule has 5 heteroatoms. The first kappa shape index (κ1) is 27.4. The molecule has 28 heavy (non-hydrogen) atoms. The third kappa shape index (κ3) is 13.6. The van der Waals surface area contributed by atoms with E-state index in [0.29, 0.717) is 5.69 Å². The van der Waals surface area contributed by atoms with Crippen LogP contribution in [0.4, 0.5) is 10.1 Å². The van der Waals surface area contributed by atoms with E-state index in [9.17, 15) is 14.3 Å². The van der Waals surface area contributed by atoms with E-state index in [-0.39, 0.29) is 29.6 Å². The van der Waals surface area contributed by atoms with Gasteiger partial charge in [0.25, 0.3) is 0 Å². The van der Waals surface area contributed by atoms with Crippen molar-refractivity contribution in [3.8, 4) is 0 Å². The first-order chi connectivity index (χ1) is 13.1. The normalized spacial score (nSPS) is 10.5. The third-order valence-corrected chi connectivity index (χ3v) is 5.05. The van der Waals surface area contributed by atoms with Crippen LogP contribution in [-0.4, -0.2) is 12.5 Å². The summed E-state index contributed by atoms with van der Waals surface area (Å²) in [4.78, 5) is 10.7. The van der Waals surface area contributed by atoms with E-state index in [0.717, 1.165) is 13.0 Å². The molecule has 0 atom stereocenters. The monoisotopic (exact) mass is 401 g/mol. The van der Waals surface area contributed by atoms with Crippen LogP contribution in [0, 0.1) is 5.82 Å². The Morgan fingerprint density at radius 3 is 1.75 bits per heavy atom. The van der Waals surface area contributed by atoms with E-state index in [1.54, 1.807) is 6.07 Å². The summed E-state index contributed by atoms with van der Waals surface area (Å²) in [6, 6.07) is 4.05. The van der Waals surface area contributed by atoms with Gasteiger partial charge >= 0.3 is 29.6 Å². The summed E-state index contributed by atoms with van der Waals surface area (Å²) in [6.45, 7) is 3.04. The van der Waals surface area contributed by atoms with Gasteiger partial charge in [0.15, 0.2) is 0 Å². The number of carbonyl (C=O) groups excluding carboxylic acids is 1. The van der Waals surface area contributed by atoms with Crippen LogP contribution >= 0.6 is 0 Å². The van der Waals surface area contributed by atoms with Gasteiger partial charge in [0.1, 0.15) is 5.82 Å². The summed E-state index contributed by atoms with van der Waals surface area (Å²) in [7, 11) is 0. The smallest absolute Gasteiger partial charge is 0.545 e. The van der Waals surface area contributed by atoms with Crippen molar-refractivity contribution in [1.29, 1.82) is 0 Å². The Morgan fingerprint density at radius 1 is 0.857 bits per heavy atom. The molecule has 0 unspecified atom stereocenters. The predicted octanol–water partition coefficient (Wildman–Crippen LogP) is 3.09. The Bertz CT molecular complexity index is 525. The van der Waals surface area contributed by atoms with Crippen LogP contribution in [-0.2, 0) is 0 Å². The summed E-state index contributed by atoms with van der Waals surface area (Å²) >= 11 is 0. The van der Waals surface area contributed by atoms with E-state index in [1.807, 2.05) is 0 Å².